The molecule has 0 atom stereocenters. The highest BCUT2D eigenvalue weighted by atomic mass is 19.1. The smallest absolute Gasteiger partial charge is 0.257 e. The Bertz CT molecular complexity index is 643. The molecule has 1 amide bonds. The summed E-state index contributed by atoms with van der Waals surface area (Å²) in [7, 11) is 4.06. The van der Waals surface area contributed by atoms with Gasteiger partial charge >= 0.3 is 0 Å². The van der Waals surface area contributed by atoms with Crippen molar-refractivity contribution in [2.75, 3.05) is 37.8 Å². The summed E-state index contributed by atoms with van der Waals surface area (Å²) in [5, 5.41) is 5.84. The monoisotopic (exact) mass is 316 g/mol. The molecule has 23 heavy (non-hydrogen) atoms. The first kappa shape index (κ1) is 16.9. The third-order valence-electron chi connectivity index (χ3n) is 3.20. The van der Waals surface area contributed by atoms with Crippen LogP contribution in [-0.4, -0.2) is 43.0 Å². The van der Waals surface area contributed by atoms with Gasteiger partial charge in [0.05, 0.1) is 5.56 Å². The van der Waals surface area contributed by atoms with E-state index in [1.165, 1.54) is 18.3 Å². The van der Waals surface area contributed by atoms with Gasteiger partial charge in [0, 0.05) is 18.4 Å². The Morgan fingerprint density at radius 3 is 2.74 bits per heavy atom. The summed E-state index contributed by atoms with van der Waals surface area (Å²) in [5.74, 6) is 0.0199. The quantitative estimate of drug-likeness (QED) is 0.771. The van der Waals surface area contributed by atoms with Gasteiger partial charge in [0.2, 0.25) is 0 Å². The Labute approximate surface area is 135 Å². The van der Waals surface area contributed by atoms with Crippen LogP contribution in [-0.2, 0) is 0 Å². The van der Waals surface area contributed by atoms with Crippen LogP contribution < -0.4 is 10.6 Å². The molecule has 122 valence electrons. The highest BCUT2D eigenvalue weighted by molar-refractivity contribution is 6.04. The lowest BCUT2D eigenvalue weighted by atomic mass is 10.2. The molecule has 0 unspecified atom stereocenters. The predicted molar refractivity (Wildman–Crippen MR) is 90.3 cm³/mol. The van der Waals surface area contributed by atoms with Gasteiger partial charge in [-0.25, -0.2) is 9.37 Å². The highest BCUT2D eigenvalue weighted by Crippen LogP contribution is 2.12. The Hall–Kier alpha value is -2.47. The van der Waals surface area contributed by atoms with Crippen LogP contribution in [0.25, 0.3) is 0 Å². The van der Waals surface area contributed by atoms with Crippen molar-refractivity contribution in [2.24, 2.45) is 0 Å². The van der Waals surface area contributed by atoms with Crippen LogP contribution in [0.1, 0.15) is 16.8 Å². The molecule has 1 heterocycles. The molecule has 0 fully saturated rings. The number of hydrogen-bond donors (Lipinski definition) is 2. The van der Waals surface area contributed by atoms with Gasteiger partial charge in [-0.2, -0.15) is 0 Å². The second-order valence-corrected chi connectivity index (χ2v) is 5.48. The number of nitrogens with zero attached hydrogens (tertiary/aromatic N) is 2. The highest BCUT2D eigenvalue weighted by Gasteiger charge is 2.07. The van der Waals surface area contributed by atoms with Gasteiger partial charge < -0.3 is 15.5 Å². The molecular formula is C17H21FN4O. The zero-order valence-corrected chi connectivity index (χ0v) is 13.3. The van der Waals surface area contributed by atoms with Gasteiger partial charge in [0.25, 0.3) is 5.91 Å². The molecule has 6 heteroatoms. The zero-order valence-electron chi connectivity index (χ0n) is 13.3. The standard InChI is InChI=1S/C17H21FN4O/c1-22(2)10-4-9-19-16-8-7-13(12-20-16)17(23)21-15-6-3-5-14(18)11-15/h3,5-8,11-12H,4,9-10H2,1-2H3,(H,19,20)(H,21,23). The maximum atomic E-state index is 13.1. The summed E-state index contributed by atoms with van der Waals surface area (Å²) < 4.78 is 13.1. The van der Waals surface area contributed by atoms with Crippen molar-refractivity contribution in [3.05, 3.63) is 54.0 Å². The molecule has 1 aromatic carbocycles. The van der Waals surface area contributed by atoms with E-state index in [2.05, 4.69) is 20.5 Å². The van der Waals surface area contributed by atoms with Crippen molar-refractivity contribution in [1.82, 2.24) is 9.88 Å². The maximum Gasteiger partial charge on any atom is 0.257 e. The number of carbonyl (C=O) groups is 1. The number of benzene rings is 1. The first-order chi connectivity index (χ1) is 11.0. The first-order valence-corrected chi connectivity index (χ1v) is 7.46. The fourth-order valence-corrected chi connectivity index (χ4v) is 2.01. The molecule has 0 saturated carbocycles. The Morgan fingerprint density at radius 2 is 2.09 bits per heavy atom. The van der Waals surface area contributed by atoms with Crippen molar-refractivity contribution >= 4 is 17.4 Å². The average molecular weight is 316 g/mol. The Balaban J connectivity index is 1.87. The van der Waals surface area contributed by atoms with Crippen LogP contribution in [0.15, 0.2) is 42.6 Å². The molecule has 0 saturated heterocycles. The SMILES string of the molecule is CN(C)CCCNc1ccc(C(=O)Nc2cccc(F)c2)cn1. The molecule has 1 aromatic heterocycles. The molecule has 2 aromatic rings. The van der Waals surface area contributed by atoms with Gasteiger partial charge in [0.15, 0.2) is 0 Å². The van der Waals surface area contributed by atoms with Crippen LogP contribution in [0.4, 0.5) is 15.9 Å². The molecule has 0 aliphatic heterocycles. The molecule has 2 rings (SSSR count). The summed E-state index contributed by atoms with van der Waals surface area (Å²) in [6.07, 6.45) is 2.51. The topological polar surface area (TPSA) is 57.3 Å². The van der Waals surface area contributed by atoms with Crippen molar-refractivity contribution in [2.45, 2.75) is 6.42 Å². The van der Waals surface area contributed by atoms with Gasteiger partial charge in [-0.1, -0.05) is 6.07 Å². The molecule has 0 bridgehead atoms. The predicted octanol–water partition coefficient (Wildman–Crippen LogP) is 2.84. The van der Waals surface area contributed by atoms with Crippen molar-refractivity contribution in [1.29, 1.82) is 0 Å². The number of amides is 1. The Kier molecular flexibility index (Phi) is 6.05. The Morgan fingerprint density at radius 1 is 1.26 bits per heavy atom. The summed E-state index contributed by atoms with van der Waals surface area (Å²) in [6.45, 7) is 1.82. The van der Waals surface area contributed by atoms with E-state index < -0.39 is 5.82 Å². The number of halogens is 1. The fourth-order valence-electron chi connectivity index (χ4n) is 2.01. The molecule has 0 aliphatic carbocycles. The molecular weight excluding hydrogens is 295 g/mol. The minimum atomic E-state index is -0.391. The number of rotatable bonds is 7. The van der Waals surface area contributed by atoms with E-state index in [1.807, 2.05) is 14.1 Å². The molecule has 0 aliphatic rings. The van der Waals surface area contributed by atoms with Crippen molar-refractivity contribution in [3.63, 3.8) is 0 Å². The van der Waals surface area contributed by atoms with Crippen molar-refractivity contribution in [3.8, 4) is 0 Å². The van der Waals surface area contributed by atoms with Crippen LogP contribution in [0, 0.1) is 5.82 Å². The summed E-state index contributed by atoms with van der Waals surface area (Å²) >= 11 is 0. The van der Waals surface area contributed by atoms with Gasteiger partial charge in [0.1, 0.15) is 11.6 Å². The van der Waals surface area contributed by atoms with Crippen molar-refractivity contribution < 1.29 is 9.18 Å². The van der Waals surface area contributed by atoms with Crippen LogP contribution in [0.2, 0.25) is 0 Å². The maximum absolute atomic E-state index is 13.1. The number of nitrogens with one attached hydrogen (secondary N) is 2. The normalized spacial score (nSPS) is 10.6. The second-order valence-electron chi connectivity index (χ2n) is 5.48. The number of aromatic nitrogens is 1. The zero-order chi connectivity index (χ0) is 16.7. The number of hydrogen-bond acceptors (Lipinski definition) is 4. The van der Waals surface area contributed by atoms with Gasteiger partial charge in [-0.3, -0.25) is 4.79 Å². The van der Waals surface area contributed by atoms with Crippen LogP contribution in [0.3, 0.4) is 0 Å². The largest absolute Gasteiger partial charge is 0.370 e. The lowest BCUT2D eigenvalue weighted by molar-refractivity contribution is 0.102. The van der Waals surface area contributed by atoms with Crippen LogP contribution in [0.5, 0.6) is 0 Å². The summed E-state index contributed by atoms with van der Waals surface area (Å²) in [6, 6.07) is 9.23. The third kappa shape index (κ3) is 5.67. The number of anilines is 2. The average Bonchev–Trinajstić information content (AvgIpc) is 2.52. The van der Waals surface area contributed by atoms with Gasteiger partial charge in [-0.05, 0) is 57.4 Å². The van der Waals surface area contributed by atoms with E-state index in [4.69, 9.17) is 0 Å². The molecule has 2 N–H and O–H groups in total. The molecule has 0 spiro atoms. The van der Waals surface area contributed by atoms with E-state index in [-0.39, 0.29) is 5.91 Å². The van der Waals surface area contributed by atoms with E-state index >= 15 is 0 Å². The van der Waals surface area contributed by atoms with E-state index in [0.29, 0.717) is 11.3 Å². The summed E-state index contributed by atoms with van der Waals surface area (Å²) in [4.78, 5) is 18.4. The fraction of sp³-hybridized carbons (Fsp3) is 0.294. The van der Waals surface area contributed by atoms with Crippen LogP contribution >= 0.6 is 0 Å². The molecule has 0 radical (unpaired) electrons. The lowest BCUT2D eigenvalue weighted by Crippen LogP contribution is -2.17. The lowest BCUT2D eigenvalue weighted by Gasteiger charge is -2.10. The molecule has 5 nitrogen and oxygen atoms in total. The minimum absolute atomic E-state index is 0.317. The summed E-state index contributed by atoms with van der Waals surface area (Å²) in [5.41, 5.74) is 0.842. The number of carbonyl (C=O) groups excluding carboxylic acids is 1. The third-order valence-corrected chi connectivity index (χ3v) is 3.20. The first-order valence-electron chi connectivity index (χ1n) is 7.46. The van der Waals surface area contributed by atoms with E-state index in [1.54, 1.807) is 24.3 Å². The minimum Gasteiger partial charge on any atom is -0.370 e. The van der Waals surface area contributed by atoms with Gasteiger partial charge in [-0.15, -0.1) is 0 Å². The second kappa shape index (κ2) is 8.24. The number of pyridine rings is 1. The van der Waals surface area contributed by atoms with E-state index in [9.17, 15) is 9.18 Å². The van der Waals surface area contributed by atoms with E-state index in [0.717, 1.165) is 25.3 Å².